The summed E-state index contributed by atoms with van der Waals surface area (Å²) >= 11 is 0. The third-order valence-electron chi connectivity index (χ3n) is 2.64. The number of aryl methyl sites for hydroxylation is 2. The van der Waals surface area contributed by atoms with E-state index >= 15 is 0 Å². The Balaban J connectivity index is 2.39. The van der Waals surface area contributed by atoms with Crippen molar-refractivity contribution < 1.29 is 0 Å². The van der Waals surface area contributed by atoms with Crippen LogP contribution in [-0.4, -0.2) is 15.0 Å². The lowest BCUT2D eigenvalue weighted by Crippen LogP contribution is -2.02. The molecule has 0 saturated carbocycles. The van der Waals surface area contributed by atoms with E-state index in [2.05, 4.69) is 31.1 Å². The molecule has 80 valence electrons. The number of aromatic nitrogens is 3. The van der Waals surface area contributed by atoms with Gasteiger partial charge in [0, 0.05) is 6.54 Å². The first-order valence-electron chi connectivity index (χ1n) is 5.68. The maximum absolute atomic E-state index is 4.15. The highest BCUT2D eigenvalue weighted by Crippen LogP contribution is 2.07. The first-order chi connectivity index (χ1) is 6.79. The van der Waals surface area contributed by atoms with E-state index in [1.807, 2.05) is 4.68 Å². The minimum absolute atomic E-state index is 0.987. The predicted molar refractivity (Wildman–Crippen MR) is 58.3 cm³/mol. The minimum Gasteiger partial charge on any atom is -0.249 e. The fourth-order valence-corrected chi connectivity index (χ4v) is 1.62. The van der Waals surface area contributed by atoms with Gasteiger partial charge in [0.15, 0.2) is 0 Å². The van der Waals surface area contributed by atoms with Crippen LogP contribution in [0.3, 0.4) is 0 Å². The Morgan fingerprint density at radius 1 is 1.14 bits per heavy atom. The van der Waals surface area contributed by atoms with Crippen LogP contribution in [0.2, 0.25) is 0 Å². The lowest BCUT2D eigenvalue weighted by Gasteiger charge is -2.02. The van der Waals surface area contributed by atoms with Gasteiger partial charge >= 0.3 is 0 Å². The third kappa shape index (κ3) is 2.82. The van der Waals surface area contributed by atoms with Crippen LogP contribution in [-0.2, 0) is 13.0 Å². The van der Waals surface area contributed by atoms with Gasteiger partial charge in [-0.3, -0.25) is 0 Å². The fourth-order valence-electron chi connectivity index (χ4n) is 1.62. The molecular weight excluding hydrogens is 174 g/mol. The minimum atomic E-state index is 0.987. The predicted octanol–water partition coefficient (Wildman–Crippen LogP) is 2.73. The number of nitrogens with zero attached hydrogens (tertiary/aromatic N) is 3. The van der Waals surface area contributed by atoms with Crippen LogP contribution in [0.15, 0.2) is 0 Å². The molecule has 3 nitrogen and oxygen atoms in total. The first-order valence-corrected chi connectivity index (χ1v) is 5.68. The Morgan fingerprint density at radius 2 is 1.93 bits per heavy atom. The molecule has 1 aromatic heterocycles. The summed E-state index contributed by atoms with van der Waals surface area (Å²) in [5, 5.41) is 8.30. The Hall–Kier alpha value is -0.860. The highest BCUT2D eigenvalue weighted by molar-refractivity contribution is 5.06. The molecule has 0 aromatic carbocycles. The molecule has 0 aliphatic carbocycles. The topological polar surface area (TPSA) is 30.7 Å². The Bertz CT molecular complexity index is 265. The summed E-state index contributed by atoms with van der Waals surface area (Å²) in [5.41, 5.74) is 2.38. The molecule has 14 heavy (non-hydrogen) atoms. The number of hydrogen-bond donors (Lipinski definition) is 0. The van der Waals surface area contributed by atoms with Crippen molar-refractivity contribution >= 4 is 0 Å². The zero-order valence-electron chi connectivity index (χ0n) is 9.58. The van der Waals surface area contributed by atoms with Gasteiger partial charge < -0.3 is 0 Å². The molecule has 0 bridgehead atoms. The van der Waals surface area contributed by atoms with Crippen molar-refractivity contribution in [1.82, 2.24) is 15.0 Å². The molecule has 0 spiro atoms. The third-order valence-corrected chi connectivity index (χ3v) is 2.64. The molecule has 1 aromatic rings. The van der Waals surface area contributed by atoms with E-state index in [1.54, 1.807) is 0 Å². The SMILES string of the molecule is CCCCCCn1nnc(CC)c1C. The van der Waals surface area contributed by atoms with Gasteiger partial charge in [-0.05, 0) is 19.8 Å². The second-order valence-corrected chi connectivity index (χ2v) is 3.76. The summed E-state index contributed by atoms with van der Waals surface area (Å²) in [7, 11) is 0. The van der Waals surface area contributed by atoms with E-state index in [-0.39, 0.29) is 0 Å². The molecule has 0 fully saturated rings. The highest BCUT2D eigenvalue weighted by atomic mass is 15.4. The van der Waals surface area contributed by atoms with Gasteiger partial charge in [-0.15, -0.1) is 5.10 Å². The second kappa shape index (κ2) is 5.78. The molecule has 1 heterocycles. The van der Waals surface area contributed by atoms with E-state index in [9.17, 15) is 0 Å². The summed E-state index contributed by atoms with van der Waals surface area (Å²) in [4.78, 5) is 0. The van der Waals surface area contributed by atoms with Gasteiger partial charge in [-0.25, -0.2) is 4.68 Å². The maximum atomic E-state index is 4.15. The van der Waals surface area contributed by atoms with Crippen LogP contribution in [0.25, 0.3) is 0 Å². The van der Waals surface area contributed by atoms with Crippen molar-refractivity contribution in [3.8, 4) is 0 Å². The largest absolute Gasteiger partial charge is 0.249 e. The average Bonchev–Trinajstić information content (AvgIpc) is 2.55. The molecular formula is C11H21N3. The zero-order chi connectivity index (χ0) is 10.4. The van der Waals surface area contributed by atoms with Gasteiger partial charge in [0.05, 0.1) is 11.4 Å². The normalized spacial score (nSPS) is 10.8. The lowest BCUT2D eigenvalue weighted by molar-refractivity contribution is 0.519. The van der Waals surface area contributed by atoms with Crippen molar-refractivity contribution in [2.24, 2.45) is 0 Å². The molecule has 3 heteroatoms. The summed E-state index contributed by atoms with van der Waals surface area (Å²) in [6.45, 7) is 7.49. The first kappa shape index (κ1) is 11.2. The van der Waals surface area contributed by atoms with Gasteiger partial charge in [0.2, 0.25) is 0 Å². The fraction of sp³-hybridized carbons (Fsp3) is 0.818. The summed E-state index contributed by atoms with van der Waals surface area (Å²) < 4.78 is 2.04. The molecule has 0 N–H and O–H groups in total. The quantitative estimate of drug-likeness (QED) is 0.653. The summed E-state index contributed by atoms with van der Waals surface area (Å²) in [6.07, 6.45) is 6.13. The monoisotopic (exact) mass is 195 g/mol. The van der Waals surface area contributed by atoms with Crippen LogP contribution in [0.5, 0.6) is 0 Å². The summed E-state index contributed by atoms with van der Waals surface area (Å²) in [5.74, 6) is 0. The van der Waals surface area contributed by atoms with Crippen LogP contribution in [0, 0.1) is 6.92 Å². The van der Waals surface area contributed by atoms with Crippen molar-refractivity contribution in [3.63, 3.8) is 0 Å². The van der Waals surface area contributed by atoms with E-state index in [4.69, 9.17) is 0 Å². The van der Waals surface area contributed by atoms with E-state index in [1.165, 1.54) is 31.4 Å². The highest BCUT2D eigenvalue weighted by Gasteiger charge is 2.04. The van der Waals surface area contributed by atoms with E-state index in [0.29, 0.717) is 0 Å². The van der Waals surface area contributed by atoms with Crippen LogP contribution < -0.4 is 0 Å². The number of rotatable bonds is 6. The smallest absolute Gasteiger partial charge is 0.0853 e. The maximum Gasteiger partial charge on any atom is 0.0853 e. The van der Waals surface area contributed by atoms with Crippen molar-refractivity contribution in [2.75, 3.05) is 0 Å². The molecule has 1 rings (SSSR count). The molecule has 0 radical (unpaired) electrons. The van der Waals surface area contributed by atoms with Gasteiger partial charge in [-0.1, -0.05) is 38.3 Å². The van der Waals surface area contributed by atoms with Crippen molar-refractivity contribution in [2.45, 2.75) is 59.4 Å². The van der Waals surface area contributed by atoms with Gasteiger partial charge in [0.25, 0.3) is 0 Å². The summed E-state index contributed by atoms with van der Waals surface area (Å²) in [6, 6.07) is 0. The zero-order valence-corrected chi connectivity index (χ0v) is 9.58. The number of hydrogen-bond acceptors (Lipinski definition) is 2. The molecule has 0 aliphatic heterocycles. The van der Waals surface area contributed by atoms with Crippen LogP contribution in [0.1, 0.15) is 50.9 Å². The Morgan fingerprint density at radius 3 is 2.50 bits per heavy atom. The molecule has 0 saturated heterocycles. The van der Waals surface area contributed by atoms with E-state index < -0.39 is 0 Å². The molecule has 0 amide bonds. The van der Waals surface area contributed by atoms with Gasteiger partial charge in [0.1, 0.15) is 0 Å². The number of unbranched alkanes of at least 4 members (excludes halogenated alkanes) is 3. The van der Waals surface area contributed by atoms with E-state index in [0.717, 1.165) is 18.7 Å². The van der Waals surface area contributed by atoms with Crippen LogP contribution >= 0.6 is 0 Å². The molecule has 0 aliphatic rings. The van der Waals surface area contributed by atoms with Crippen LogP contribution in [0.4, 0.5) is 0 Å². The van der Waals surface area contributed by atoms with Crippen molar-refractivity contribution in [1.29, 1.82) is 0 Å². The molecule has 0 unspecified atom stereocenters. The average molecular weight is 195 g/mol. The van der Waals surface area contributed by atoms with Crippen molar-refractivity contribution in [3.05, 3.63) is 11.4 Å². The van der Waals surface area contributed by atoms with Gasteiger partial charge in [-0.2, -0.15) is 0 Å². The second-order valence-electron chi connectivity index (χ2n) is 3.76. The lowest BCUT2D eigenvalue weighted by atomic mass is 10.2. The molecule has 0 atom stereocenters. The Kier molecular flexibility index (Phi) is 4.63. The standard InChI is InChI=1S/C11H21N3/c1-4-6-7-8-9-14-10(3)11(5-2)12-13-14/h4-9H2,1-3H3. The Labute approximate surface area is 86.5 Å².